The topological polar surface area (TPSA) is 41.5 Å². The molecule has 1 N–H and O–H groups in total. The zero-order chi connectivity index (χ0) is 14.2. The van der Waals surface area contributed by atoms with E-state index >= 15 is 0 Å². The summed E-state index contributed by atoms with van der Waals surface area (Å²) in [5, 5.41) is 4.53. The van der Waals surface area contributed by atoms with Crippen LogP contribution in [-0.2, 0) is 6.42 Å². The molecule has 0 aliphatic carbocycles. The molecule has 1 amide bonds. The summed E-state index contributed by atoms with van der Waals surface area (Å²) >= 11 is 5.76. The van der Waals surface area contributed by atoms with Crippen LogP contribution in [0.1, 0.15) is 22.3 Å². The highest BCUT2D eigenvalue weighted by Crippen LogP contribution is 2.09. The predicted molar refractivity (Wildman–Crippen MR) is 82.2 cm³/mol. The van der Waals surface area contributed by atoms with E-state index in [1.54, 1.807) is 30.5 Å². The predicted octanol–water partition coefficient (Wildman–Crippen LogP) is 3.69. The van der Waals surface area contributed by atoms with Gasteiger partial charge in [0.1, 0.15) is 0 Å². The Morgan fingerprint density at radius 2 is 1.80 bits per heavy atom. The van der Waals surface area contributed by atoms with E-state index in [2.05, 4.69) is 22.7 Å². The first-order chi connectivity index (χ1) is 9.75. The van der Waals surface area contributed by atoms with E-state index in [0.717, 1.165) is 12.8 Å². The van der Waals surface area contributed by atoms with Gasteiger partial charge in [-0.15, -0.1) is 0 Å². The lowest BCUT2D eigenvalue weighted by atomic mass is 10.1. The quantitative estimate of drug-likeness (QED) is 0.661. The normalized spacial score (nSPS) is 10.7. The van der Waals surface area contributed by atoms with E-state index in [0.29, 0.717) is 10.6 Å². The molecule has 0 heterocycles. The second-order valence-corrected chi connectivity index (χ2v) is 4.72. The number of nitrogens with one attached hydrogen (secondary N) is 1. The molecule has 0 atom stereocenters. The molecule has 0 bridgehead atoms. The van der Waals surface area contributed by atoms with Crippen molar-refractivity contribution >= 4 is 23.7 Å². The smallest absolute Gasteiger partial charge is 0.267 e. The van der Waals surface area contributed by atoms with Crippen molar-refractivity contribution < 1.29 is 4.79 Å². The number of halogens is 1. The van der Waals surface area contributed by atoms with Crippen LogP contribution < -0.4 is 5.43 Å². The summed E-state index contributed by atoms with van der Waals surface area (Å²) in [6.07, 6.45) is 3.40. The number of carbonyl (C=O) groups is 1. The largest absolute Gasteiger partial charge is 0.271 e. The monoisotopic (exact) mass is 286 g/mol. The number of carbonyl (C=O) groups excluding carboxylic acids is 1. The number of rotatable bonds is 5. The van der Waals surface area contributed by atoms with Crippen LogP contribution in [0.5, 0.6) is 0 Å². The Balaban J connectivity index is 1.76. The standard InChI is InChI=1S/C16H15ClN2O/c17-15-10-8-14(9-11-15)16(20)19-18-12-4-7-13-5-2-1-3-6-13/h1-3,5-6,8-12H,4,7H2,(H,19,20)/b18-12-. The van der Waals surface area contributed by atoms with Crippen LogP contribution in [-0.4, -0.2) is 12.1 Å². The van der Waals surface area contributed by atoms with E-state index in [-0.39, 0.29) is 5.91 Å². The third-order valence-electron chi connectivity index (χ3n) is 2.77. The van der Waals surface area contributed by atoms with Crippen molar-refractivity contribution in [1.29, 1.82) is 0 Å². The minimum Gasteiger partial charge on any atom is -0.267 e. The third-order valence-corrected chi connectivity index (χ3v) is 3.02. The van der Waals surface area contributed by atoms with E-state index < -0.39 is 0 Å². The van der Waals surface area contributed by atoms with Gasteiger partial charge in [-0.1, -0.05) is 41.9 Å². The summed E-state index contributed by atoms with van der Waals surface area (Å²) in [6, 6.07) is 16.8. The molecule has 0 fully saturated rings. The fourth-order valence-electron chi connectivity index (χ4n) is 1.71. The van der Waals surface area contributed by atoms with Crippen molar-refractivity contribution in [2.45, 2.75) is 12.8 Å². The molecule has 0 saturated heterocycles. The average molecular weight is 287 g/mol. The second kappa shape index (κ2) is 7.46. The molecule has 0 aliphatic rings. The molecule has 3 nitrogen and oxygen atoms in total. The Morgan fingerprint density at radius 1 is 1.10 bits per heavy atom. The van der Waals surface area contributed by atoms with Crippen LogP contribution in [0.15, 0.2) is 59.7 Å². The molecule has 0 unspecified atom stereocenters. The molecule has 2 aromatic rings. The van der Waals surface area contributed by atoms with E-state index in [1.165, 1.54) is 5.56 Å². The zero-order valence-electron chi connectivity index (χ0n) is 10.9. The zero-order valence-corrected chi connectivity index (χ0v) is 11.7. The number of hydrogen-bond donors (Lipinski definition) is 1. The van der Waals surface area contributed by atoms with Crippen LogP contribution in [0.2, 0.25) is 5.02 Å². The summed E-state index contributed by atoms with van der Waals surface area (Å²) in [6.45, 7) is 0. The van der Waals surface area contributed by atoms with Crippen molar-refractivity contribution in [2.24, 2.45) is 5.10 Å². The lowest BCUT2D eigenvalue weighted by Gasteiger charge is -2.00. The molecule has 0 spiro atoms. The van der Waals surface area contributed by atoms with Gasteiger partial charge in [0.25, 0.3) is 5.91 Å². The van der Waals surface area contributed by atoms with Gasteiger partial charge in [0.2, 0.25) is 0 Å². The van der Waals surface area contributed by atoms with Crippen molar-refractivity contribution in [3.05, 3.63) is 70.7 Å². The SMILES string of the molecule is O=C(N/N=C\CCc1ccccc1)c1ccc(Cl)cc1. The molecule has 0 aliphatic heterocycles. The maximum atomic E-state index is 11.7. The molecule has 4 heteroatoms. The Bertz CT molecular complexity index is 579. The summed E-state index contributed by atoms with van der Waals surface area (Å²) in [5.41, 5.74) is 4.28. The third kappa shape index (κ3) is 4.52. The molecular formula is C16H15ClN2O. The first-order valence-corrected chi connectivity index (χ1v) is 6.75. The Hall–Kier alpha value is -2.13. The maximum absolute atomic E-state index is 11.7. The van der Waals surface area contributed by atoms with E-state index in [4.69, 9.17) is 11.6 Å². The Kier molecular flexibility index (Phi) is 5.33. The highest BCUT2D eigenvalue weighted by Gasteiger charge is 2.02. The van der Waals surface area contributed by atoms with Crippen molar-refractivity contribution in [2.75, 3.05) is 0 Å². The molecule has 0 radical (unpaired) electrons. The molecule has 0 aromatic heterocycles. The Labute approximate surface area is 123 Å². The first kappa shape index (κ1) is 14.3. The lowest BCUT2D eigenvalue weighted by molar-refractivity contribution is 0.0955. The van der Waals surface area contributed by atoms with Crippen LogP contribution in [0.4, 0.5) is 0 Å². The van der Waals surface area contributed by atoms with Crippen molar-refractivity contribution in [3.63, 3.8) is 0 Å². The van der Waals surface area contributed by atoms with Gasteiger partial charge in [0.05, 0.1) is 0 Å². The van der Waals surface area contributed by atoms with Crippen LogP contribution in [0, 0.1) is 0 Å². The lowest BCUT2D eigenvalue weighted by Crippen LogP contribution is -2.17. The van der Waals surface area contributed by atoms with Gasteiger partial charge in [-0.25, -0.2) is 5.43 Å². The summed E-state index contributed by atoms with van der Waals surface area (Å²) in [7, 11) is 0. The van der Waals surface area contributed by atoms with Gasteiger partial charge in [0, 0.05) is 16.8 Å². The summed E-state index contributed by atoms with van der Waals surface area (Å²) in [4.78, 5) is 11.7. The fraction of sp³-hybridized carbons (Fsp3) is 0.125. The van der Waals surface area contributed by atoms with Gasteiger partial charge in [-0.2, -0.15) is 5.10 Å². The average Bonchev–Trinajstić information content (AvgIpc) is 2.48. The molecule has 2 aromatic carbocycles. The highest BCUT2D eigenvalue weighted by atomic mass is 35.5. The first-order valence-electron chi connectivity index (χ1n) is 6.37. The summed E-state index contributed by atoms with van der Waals surface area (Å²) in [5.74, 6) is -0.238. The number of hydrogen-bond acceptors (Lipinski definition) is 2. The van der Waals surface area contributed by atoms with Crippen LogP contribution in [0.3, 0.4) is 0 Å². The number of amides is 1. The van der Waals surface area contributed by atoms with Gasteiger partial charge in [-0.05, 0) is 42.7 Å². The highest BCUT2D eigenvalue weighted by molar-refractivity contribution is 6.30. The van der Waals surface area contributed by atoms with Crippen molar-refractivity contribution in [1.82, 2.24) is 5.43 Å². The molecule has 0 saturated carbocycles. The van der Waals surface area contributed by atoms with Crippen molar-refractivity contribution in [3.8, 4) is 0 Å². The number of nitrogens with zero attached hydrogens (tertiary/aromatic N) is 1. The fourth-order valence-corrected chi connectivity index (χ4v) is 1.84. The molecule has 2 rings (SSSR count). The minimum absolute atomic E-state index is 0.238. The van der Waals surface area contributed by atoms with Crippen LogP contribution >= 0.6 is 11.6 Å². The van der Waals surface area contributed by atoms with Gasteiger partial charge < -0.3 is 0 Å². The molecular weight excluding hydrogens is 272 g/mol. The number of aryl methyl sites for hydroxylation is 1. The molecule has 102 valence electrons. The van der Waals surface area contributed by atoms with E-state index in [9.17, 15) is 4.79 Å². The number of benzene rings is 2. The summed E-state index contributed by atoms with van der Waals surface area (Å²) < 4.78 is 0. The van der Waals surface area contributed by atoms with Gasteiger partial charge in [0.15, 0.2) is 0 Å². The maximum Gasteiger partial charge on any atom is 0.271 e. The second-order valence-electron chi connectivity index (χ2n) is 4.28. The Morgan fingerprint density at radius 3 is 2.50 bits per heavy atom. The van der Waals surface area contributed by atoms with Gasteiger partial charge in [-0.3, -0.25) is 4.79 Å². The van der Waals surface area contributed by atoms with Crippen LogP contribution in [0.25, 0.3) is 0 Å². The number of hydrazone groups is 1. The van der Waals surface area contributed by atoms with E-state index in [1.807, 2.05) is 18.2 Å². The van der Waals surface area contributed by atoms with Gasteiger partial charge >= 0.3 is 0 Å². The molecule has 20 heavy (non-hydrogen) atoms. The minimum atomic E-state index is -0.238.